The molecular formula is C16H20N2O3S. The van der Waals surface area contributed by atoms with E-state index in [0.29, 0.717) is 12.3 Å². The maximum Gasteiger partial charge on any atom is 0.327 e. The zero-order valence-electron chi connectivity index (χ0n) is 12.4. The number of thioether (sulfide) groups is 1. The molecule has 0 radical (unpaired) electrons. The first kappa shape index (κ1) is 15.2. The van der Waals surface area contributed by atoms with Crippen LogP contribution >= 0.6 is 11.8 Å². The Morgan fingerprint density at radius 2 is 2.09 bits per heavy atom. The minimum Gasteiger partial charge on any atom is -0.480 e. The SMILES string of the molecule is O=C(O)[C@@H]1CS[C@H]2CCN(CCCc3ccccc3)C(=O)N21. The highest BCUT2D eigenvalue weighted by Crippen LogP contribution is 2.35. The minimum absolute atomic E-state index is 0.0407. The number of urea groups is 1. The van der Waals surface area contributed by atoms with Gasteiger partial charge in [-0.15, -0.1) is 11.8 Å². The van der Waals surface area contributed by atoms with Crippen molar-refractivity contribution in [1.29, 1.82) is 0 Å². The molecule has 0 bridgehead atoms. The summed E-state index contributed by atoms with van der Waals surface area (Å²) in [5, 5.41) is 9.30. The van der Waals surface area contributed by atoms with Crippen molar-refractivity contribution in [2.75, 3.05) is 18.8 Å². The highest BCUT2D eigenvalue weighted by atomic mass is 32.2. The minimum atomic E-state index is -0.894. The Labute approximate surface area is 134 Å². The van der Waals surface area contributed by atoms with E-state index in [4.69, 9.17) is 0 Å². The normalized spacial score (nSPS) is 24.5. The molecule has 0 spiro atoms. The Morgan fingerprint density at radius 3 is 2.82 bits per heavy atom. The molecule has 2 atom stereocenters. The number of nitrogens with zero attached hydrogens (tertiary/aromatic N) is 2. The van der Waals surface area contributed by atoms with Gasteiger partial charge in [-0.3, -0.25) is 4.90 Å². The molecule has 0 saturated carbocycles. The van der Waals surface area contributed by atoms with Crippen LogP contribution in [0.4, 0.5) is 4.79 Å². The van der Waals surface area contributed by atoms with E-state index in [1.165, 1.54) is 5.56 Å². The van der Waals surface area contributed by atoms with Crippen molar-refractivity contribution >= 4 is 23.8 Å². The number of rotatable bonds is 5. The average Bonchev–Trinajstić information content (AvgIpc) is 2.96. The number of benzene rings is 1. The molecule has 0 unspecified atom stereocenters. The quantitative estimate of drug-likeness (QED) is 0.904. The lowest BCUT2D eigenvalue weighted by atomic mass is 10.1. The molecule has 2 saturated heterocycles. The Bertz CT molecular complexity index is 552. The van der Waals surface area contributed by atoms with Gasteiger partial charge in [0.1, 0.15) is 6.04 Å². The molecule has 1 N–H and O–H groups in total. The van der Waals surface area contributed by atoms with Gasteiger partial charge in [-0.1, -0.05) is 30.3 Å². The van der Waals surface area contributed by atoms with Crippen LogP contribution in [0.1, 0.15) is 18.4 Å². The van der Waals surface area contributed by atoms with E-state index in [2.05, 4.69) is 12.1 Å². The van der Waals surface area contributed by atoms with Gasteiger partial charge < -0.3 is 10.0 Å². The third-order valence-corrected chi connectivity index (χ3v) is 5.61. The molecule has 2 amide bonds. The third-order valence-electron chi connectivity index (χ3n) is 4.25. The number of hydrogen-bond donors (Lipinski definition) is 1. The van der Waals surface area contributed by atoms with Crippen LogP contribution in [0.5, 0.6) is 0 Å². The van der Waals surface area contributed by atoms with E-state index in [9.17, 15) is 14.7 Å². The van der Waals surface area contributed by atoms with Crippen LogP contribution in [0.15, 0.2) is 30.3 Å². The predicted molar refractivity (Wildman–Crippen MR) is 85.9 cm³/mol. The molecule has 22 heavy (non-hydrogen) atoms. The first-order chi connectivity index (χ1) is 10.7. The fourth-order valence-electron chi connectivity index (χ4n) is 3.08. The zero-order valence-corrected chi connectivity index (χ0v) is 13.2. The summed E-state index contributed by atoms with van der Waals surface area (Å²) in [6.45, 7) is 1.42. The lowest BCUT2D eigenvalue weighted by Crippen LogP contribution is -2.56. The molecule has 1 aromatic rings. The lowest BCUT2D eigenvalue weighted by molar-refractivity contribution is -0.141. The molecule has 0 aromatic heterocycles. The first-order valence-electron chi connectivity index (χ1n) is 7.62. The highest BCUT2D eigenvalue weighted by molar-refractivity contribution is 8.00. The van der Waals surface area contributed by atoms with Gasteiger partial charge in [0.2, 0.25) is 0 Å². The summed E-state index contributed by atoms with van der Waals surface area (Å²) in [6, 6.07) is 9.43. The van der Waals surface area contributed by atoms with E-state index in [-0.39, 0.29) is 11.4 Å². The van der Waals surface area contributed by atoms with Crippen LogP contribution in [0.3, 0.4) is 0 Å². The van der Waals surface area contributed by atoms with Crippen LogP contribution in [0.2, 0.25) is 0 Å². The Balaban J connectivity index is 1.56. The average molecular weight is 320 g/mol. The van der Waals surface area contributed by atoms with Crippen molar-refractivity contribution in [2.45, 2.75) is 30.7 Å². The second-order valence-electron chi connectivity index (χ2n) is 5.70. The fourth-order valence-corrected chi connectivity index (χ4v) is 4.46. The number of carboxylic acids is 1. The molecular weight excluding hydrogens is 300 g/mol. The van der Waals surface area contributed by atoms with Crippen molar-refractivity contribution in [3.63, 3.8) is 0 Å². The van der Waals surface area contributed by atoms with Crippen molar-refractivity contribution in [3.8, 4) is 0 Å². The summed E-state index contributed by atoms with van der Waals surface area (Å²) in [5.41, 5.74) is 1.27. The summed E-state index contributed by atoms with van der Waals surface area (Å²) < 4.78 is 0. The number of aryl methyl sites for hydroxylation is 1. The van der Waals surface area contributed by atoms with Crippen LogP contribution in [-0.4, -0.2) is 57.2 Å². The van der Waals surface area contributed by atoms with Gasteiger partial charge in [0.05, 0.1) is 5.37 Å². The Hall–Kier alpha value is -1.69. The largest absolute Gasteiger partial charge is 0.480 e. The van der Waals surface area contributed by atoms with Gasteiger partial charge in [0, 0.05) is 18.8 Å². The fraction of sp³-hybridized carbons (Fsp3) is 0.500. The van der Waals surface area contributed by atoms with Gasteiger partial charge in [-0.25, -0.2) is 9.59 Å². The summed E-state index contributed by atoms with van der Waals surface area (Å²) in [6.07, 6.45) is 2.69. The molecule has 3 rings (SSSR count). The van der Waals surface area contributed by atoms with Gasteiger partial charge in [-0.05, 0) is 24.8 Å². The van der Waals surface area contributed by atoms with Crippen molar-refractivity contribution < 1.29 is 14.7 Å². The van der Waals surface area contributed by atoms with Gasteiger partial charge in [-0.2, -0.15) is 0 Å². The molecule has 2 fully saturated rings. The summed E-state index contributed by atoms with van der Waals surface area (Å²) in [4.78, 5) is 27.2. The monoisotopic (exact) mass is 320 g/mol. The standard InChI is InChI=1S/C16H20N2O3S/c19-15(20)13-11-22-14-8-10-17(16(21)18(13)14)9-4-7-12-5-2-1-3-6-12/h1-3,5-6,13-14H,4,7-11H2,(H,19,20)/t13-,14-/m0/s1. The predicted octanol–water partition coefficient (Wildman–Crippen LogP) is 2.27. The zero-order chi connectivity index (χ0) is 15.5. The molecule has 2 heterocycles. The van der Waals surface area contributed by atoms with E-state index < -0.39 is 12.0 Å². The number of amides is 2. The number of aliphatic carboxylic acids is 1. The van der Waals surface area contributed by atoms with E-state index >= 15 is 0 Å². The Morgan fingerprint density at radius 1 is 1.32 bits per heavy atom. The van der Waals surface area contributed by atoms with Crippen molar-refractivity contribution in [3.05, 3.63) is 35.9 Å². The highest BCUT2D eigenvalue weighted by Gasteiger charge is 2.45. The molecule has 118 valence electrons. The number of fused-ring (bicyclic) bond motifs is 1. The van der Waals surface area contributed by atoms with Crippen LogP contribution in [0.25, 0.3) is 0 Å². The molecule has 5 nitrogen and oxygen atoms in total. The third kappa shape index (κ3) is 3.06. The van der Waals surface area contributed by atoms with E-state index in [0.717, 1.165) is 25.8 Å². The second kappa shape index (κ2) is 6.60. The first-order valence-corrected chi connectivity index (χ1v) is 8.67. The molecule has 2 aliphatic rings. The maximum atomic E-state index is 12.5. The summed E-state index contributed by atoms with van der Waals surface area (Å²) in [7, 11) is 0. The number of hydrogen-bond acceptors (Lipinski definition) is 3. The molecule has 1 aromatic carbocycles. The van der Waals surface area contributed by atoms with Crippen molar-refractivity contribution in [2.24, 2.45) is 0 Å². The Kier molecular flexibility index (Phi) is 4.57. The lowest BCUT2D eigenvalue weighted by Gasteiger charge is -2.38. The summed E-state index contributed by atoms with van der Waals surface area (Å²) in [5.74, 6) is -0.390. The maximum absolute atomic E-state index is 12.5. The smallest absolute Gasteiger partial charge is 0.327 e. The van der Waals surface area contributed by atoms with Gasteiger partial charge >= 0.3 is 12.0 Å². The van der Waals surface area contributed by atoms with E-state index in [1.807, 2.05) is 18.2 Å². The van der Waals surface area contributed by atoms with Crippen LogP contribution in [-0.2, 0) is 11.2 Å². The summed E-state index contributed by atoms with van der Waals surface area (Å²) >= 11 is 1.59. The molecule has 6 heteroatoms. The number of carbonyl (C=O) groups excluding carboxylic acids is 1. The van der Waals surface area contributed by atoms with Gasteiger partial charge in [0.15, 0.2) is 0 Å². The van der Waals surface area contributed by atoms with Crippen LogP contribution < -0.4 is 0 Å². The van der Waals surface area contributed by atoms with E-state index in [1.54, 1.807) is 21.6 Å². The number of carboxylic acid groups (broad SMARTS) is 1. The molecule has 0 aliphatic carbocycles. The second-order valence-corrected chi connectivity index (χ2v) is 6.91. The van der Waals surface area contributed by atoms with Gasteiger partial charge in [0.25, 0.3) is 0 Å². The number of carbonyl (C=O) groups is 2. The topological polar surface area (TPSA) is 60.9 Å². The molecule has 2 aliphatic heterocycles. The van der Waals surface area contributed by atoms with Crippen molar-refractivity contribution in [1.82, 2.24) is 9.80 Å². The van der Waals surface area contributed by atoms with Crippen LogP contribution in [0, 0.1) is 0 Å².